The molecule has 0 unspecified atom stereocenters. The molecule has 4 aromatic carbocycles. The van der Waals surface area contributed by atoms with Crippen LogP contribution in [0, 0.1) is 52.2 Å². The molecule has 0 spiro atoms. The molecule has 13 heteroatoms. The fraction of sp³-hybridized carbons (Fsp3) is 0.105. The Balaban J connectivity index is 1.82. The Labute approximate surface area is 283 Å². The molecule has 0 radical (unpaired) electrons. The zero-order valence-electron chi connectivity index (χ0n) is 25.6. The van der Waals surface area contributed by atoms with Crippen LogP contribution in [0.5, 0.6) is 0 Å². The molecule has 0 fully saturated rings. The number of fused-ring (bicyclic) bond motifs is 4. The highest BCUT2D eigenvalue weighted by Crippen LogP contribution is 2.62. The van der Waals surface area contributed by atoms with E-state index in [1.165, 1.54) is 49.4 Å². The summed E-state index contributed by atoms with van der Waals surface area (Å²) in [5.41, 5.74) is -5.93. The number of hydrogen-bond donors (Lipinski definition) is 0. The number of halogens is 9. The van der Waals surface area contributed by atoms with Crippen LogP contribution in [0.3, 0.4) is 0 Å². The molecule has 0 bridgehead atoms. The van der Waals surface area contributed by atoms with Crippen molar-refractivity contribution in [3.05, 3.63) is 128 Å². The van der Waals surface area contributed by atoms with Crippen molar-refractivity contribution in [2.75, 3.05) is 0 Å². The molecule has 4 nitrogen and oxygen atoms in total. The first kappa shape index (κ1) is 34.3. The Morgan fingerprint density at radius 3 is 1.16 bits per heavy atom. The molecule has 0 aromatic heterocycles. The summed E-state index contributed by atoms with van der Waals surface area (Å²) >= 11 is 0. The molecule has 250 valence electrons. The van der Waals surface area contributed by atoms with E-state index in [1.54, 1.807) is 24.3 Å². The lowest BCUT2D eigenvalue weighted by molar-refractivity contribution is -0.143. The van der Waals surface area contributed by atoms with Gasteiger partial charge < -0.3 is 0 Å². The highest BCUT2D eigenvalue weighted by Gasteiger charge is 2.43. The SMILES string of the molecule is Cc1cc(-c2cccc3c2C2=C(C3=C(C#N)C#N)c3c(cccc3-c3cc(C(F)(F)F)cc(C(F)(F)F)c3)C2=C(C#N)C#N)cc(C(F)(F)F)c1. The average molecular weight is 699 g/mol. The fourth-order valence-electron chi connectivity index (χ4n) is 6.57. The normalized spacial score (nSPS) is 13.5. The topological polar surface area (TPSA) is 95.2 Å². The number of rotatable bonds is 2. The summed E-state index contributed by atoms with van der Waals surface area (Å²) < 4.78 is 126. The molecular formula is C38H15F9N4. The van der Waals surface area contributed by atoms with Gasteiger partial charge in [-0.25, -0.2) is 0 Å². The first-order chi connectivity index (χ1) is 23.9. The number of alkyl halides is 9. The third-order valence-electron chi connectivity index (χ3n) is 8.48. The van der Waals surface area contributed by atoms with Crippen LogP contribution in [0.4, 0.5) is 39.5 Å². The van der Waals surface area contributed by atoms with Crippen molar-refractivity contribution in [2.45, 2.75) is 25.5 Å². The molecule has 0 aliphatic heterocycles. The van der Waals surface area contributed by atoms with Gasteiger partial charge in [-0.05, 0) is 87.3 Å². The van der Waals surface area contributed by atoms with Gasteiger partial charge >= 0.3 is 18.5 Å². The van der Waals surface area contributed by atoms with Crippen LogP contribution >= 0.6 is 0 Å². The molecule has 0 amide bonds. The van der Waals surface area contributed by atoms with Gasteiger partial charge in [0.1, 0.15) is 35.4 Å². The zero-order valence-corrected chi connectivity index (χ0v) is 25.6. The Bertz CT molecular complexity index is 2420. The molecule has 0 saturated carbocycles. The Kier molecular flexibility index (Phi) is 7.93. The quantitative estimate of drug-likeness (QED) is 0.154. The maximum absolute atomic E-state index is 14.0. The Morgan fingerprint density at radius 2 is 0.804 bits per heavy atom. The molecule has 0 atom stereocenters. The van der Waals surface area contributed by atoms with Crippen LogP contribution in [-0.4, -0.2) is 0 Å². The van der Waals surface area contributed by atoms with E-state index in [0.29, 0.717) is 12.1 Å². The maximum atomic E-state index is 14.0. The first-order valence-electron chi connectivity index (χ1n) is 14.5. The molecule has 0 heterocycles. The van der Waals surface area contributed by atoms with E-state index in [1.807, 2.05) is 0 Å². The lowest BCUT2D eigenvalue weighted by Crippen LogP contribution is -2.11. The second-order valence-electron chi connectivity index (χ2n) is 11.5. The van der Waals surface area contributed by atoms with Crippen molar-refractivity contribution in [1.29, 1.82) is 21.0 Å². The fourth-order valence-corrected chi connectivity index (χ4v) is 6.57. The summed E-state index contributed by atoms with van der Waals surface area (Å²) in [6.07, 6.45) is -15.2. The van der Waals surface area contributed by atoms with E-state index < -0.39 is 51.9 Å². The molecule has 0 saturated heterocycles. The third-order valence-corrected chi connectivity index (χ3v) is 8.48. The predicted octanol–water partition coefficient (Wildman–Crippen LogP) is 10.9. The van der Waals surface area contributed by atoms with Crippen LogP contribution in [-0.2, 0) is 18.5 Å². The van der Waals surface area contributed by atoms with Gasteiger partial charge in [0.25, 0.3) is 0 Å². The van der Waals surface area contributed by atoms with E-state index in [9.17, 15) is 60.6 Å². The average Bonchev–Trinajstić information content (AvgIpc) is 3.57. The molecule has 4 aromatic rings. The van der Waals surface area contributed by atoms with Gasteiger partial charge in [0.15, 0.2) is 0 Å². The summed E-state index contributed by atoms with van der Waals surface area (Å²) in [4.78, 5) is 0. The first-order valence-corrected chi connectivity index (χ1v) is 14.5. The van der Waals surface area contributed by atoms with Gasteiger partial charge in [0.2, 0.25) is 0 Å². The van der Waals surface area contributed by atoms with Crippen molar-refractivity contribution < 1.29 is 39.5 Å². The van der Waals surface area contributed by atoms with Crippen LogP contribution in [0.1, 0.15) is 44.5 Å². The van der Waals surface area contributed by atoms with Crippen molar-refractivity contribution in [2.24, 2.45) is 0 Å². The lowest BCUT2D eigenvalue weighted by atomic mass is 9.84. The largest absolute Gasteiger partial charge is 0.416 e. The minimum absolute atomic E-state index is 0.00256. The summed E-state index contributed by atoms with van der Waals surface area (Å²) in [5.74, 6) is 0. The van der Waals surface area contributed by atoms with Gasteiger partial charge in [0.05, 0.1) is 16.7 Å². The molecule has 0 N–H and O–H groups in total. The number of nitriles is 4. The van der Waals surface area contributed by atoms with Crippen LogP contribution in [0.25, 0.3) is 44.5 Å². The summed E-state index contributed by atoms with van der Waals surface area (Å²) in [5, 5.41) is 40.4. The monoisotopic (exact) mass is 698 g/mol. The second-order valence-corrected chi connectivity index (χ2v) is 11.5. The zero-order chi connectivity index (χ0) is 37.2. The second kappa shape index (κ2) is 11.8. The van der Waals surface area contributed by atoms with E-state index in [2.05, 4.69) is 0 Å². The van der Waals surface area contributed by atoms with Gasteiger partial charge in [-0.15, -0.1) is 0 Å². The van der Waals surface area contributed by atoms with Crippen LogP contribution in [0.2, 0.25) is 0 Å². The molecule has 51 heavy (non-hydrogen) atoms. The number of hydrogen-bond acceptors (Lipinski definition) is 4. The highest BCUT2D eigenvalue weighted by molar-refractivity contribution is 6.39. The van der Waals surface area contributed by atoms with Gasteiger partial charge in [-0.1, -0.05) is 42.5 Å². The number of allylic oxidation sites excluding steroid dienone is 6. The van der Waals surface area contributed by atoms with Gasteiger partial charge in [0, 0.05) is 22.3 Å². The Hall–Kier alpha value is -6.57. The lowest BCUT2D eigenvalue weighted by Gasteiger charge is -2.19. The molecule has 2 aliphatic carbocycles. The molecule has 6 rings (SSSR count). The van der Waals surface area contributed by atoms with E-state index in [0.717, 1.165) is 12.1 Å². The van der Waals surface area contributed by atoms with Crippen molar-refractivity contribution >= 4 is 22.3 Å². The van der Waals surface area contributed by atoms with Gasteiger partial charge in [-0.3, -0.25) is 0 Å². The highest BCUT2D eigenvalue weighted by atomic mass is 19.4. The summed E-state index contributed by atoms with van der Waals surface area (Å²) in [6.45, 7) is 1.43. The standard InChI is InChI=1S/C38H15F9N4/c1-18-8-19(10-23(9-18)36(39,40)41)26-4-2-6-28-30(21(14-48)15-49)35-33-27(20-11-24(37(42,43)44)13-25(12-20)38(45,46)47)5-3-7-29(33)31(22(16-50)17-51)34(35)32(26)28/h2-13H,1H3. The predicted molar refractivity (Wildman–Crippen MR) is 167 cm³/mol. The van der Waals surface area contributed by atoms with Crippen LogP contribution in [0.15, 0.2) is 83.9 Å². The minimum Gasteiger partial charge on any atom is -0.192 e. The molecular weight excluding hydrogens is 683 g/mol. The Morgan fingerprint density at radius 1 is 0.471 bits per heavy atom. The third kappa shape index (κ3) is 5.59. The van der Waals surface area contributed by atoms with Gasteiger partial charge in [-0.2, -0.15) is 60.6 Å². The number of aryl methyl sites for hydroxylation is 1. The van der Waals surface area contributed by atoms with Crippen molar-refractivity contribution in [3.8, 4) is 46.5 Å². The number of nitrogens with zero attached hydrogens (tertiary/aromatic N) is 4. The van der Waals surface area contributed by atoms with E-state index in [4.69, 9.17) is 0 Å². The summed E-state index contributed by atoms with van der Waals surface area (Å²) in [7, 11) is 0. The molecule has 2 aliphatic rings. The van der Waals surface area contributed by atoms with E-state index in [-0.39, 0.29) is 72.9 Å². The van der Waals surface area contributed by atoms with E-state index >= 15 is 0 Å². The van der Waals surface area contributed by atoms with Crippen LogP contribution < -0.4 is 0 Å². The van der Waals surface area contributed by atoms with Crippen molar-refractivity contribution in [1.82, 2.24) is 0 Å². The smallest absolute Gasteiger partial charge is 0.192 e. The summed E-state index contributed by atoms with van der Waals surface area (Å²) in [6, 6.07) is 19.4. The van der Waals surface area contributed by atoms with Crippen molar-refractivity contribution in [3.63, 3.8) is 0 Å². The number of benzene rings is 4. The maximum Gasteiger partial charge on any atom is 0.416 e. The minimum atomic E-state index is -5.21.